The standard InChI is InChI=1S/C22H25N3O2S/c1-14(2)22-24-21(27-25-22)12-11-20(26)23-17-6-8-18(9-7-17)28-19-10-5-15(3)13-16(19)4/h5-10,13-14H,11-12H2,1-4H3,(H,23,26). The summed E-state index contributed by atoms with van der Waals surface area (Å²) in [5.41, 5.74) is 3.31. The summed E-state index contributed by atoms with van der Waals surface area (Å²) >= 11 is 1.72. The Balaban J connectivity index is 1.52. The largest absolute Gasteiger partial charge is 0.339 e. The molecule has 3 aromatic rings. The highest BCUT2D eigenvalue weighted by molar-refractivity contribution is 7.99. The van der Waals surface area contributed by atoms with Gasteiger partial charge in [0.15, 0.2) is 5.82 Å². The summed E-state index contributed by atoms with van der Waals surface area (Å²) in [7, 11) is 0. The van der Waals surface area contributed by atoms with E-state index in [9.17, 15) is 4.79 Å². The first-order valence-electron chi connectivity index (χ1n) is 9.38. The third-order valence-corrected chi connectivity index (χ3v) is 5.45. The Morgan fingerprint density at radius 3 is 2.54 bits per heavy atom. The second-order valence-corrected chi connectivity index (χ2v) is 8.26. The van der Waals surface area contributed by atoms with Gasteiger partial charge in [0.1, 0.15) is 0 Å². The Morgan fingerprint density at radius 1 is 1.14 bits per heavy atom. The molecule has 1 amide bonds. The first-order valence-corrected chi connectivity index (χ1v) is 10.2. The molecule has 0 atom stereocenters. The van der Waals surface area contributed by atoms with E-state index in [0.29, 0.717) is 24.6 Å². The van der Waals surface area contributed by atoms with Crippen molar-refractivity contribution in [2.75, 3.05) is 5.32 Å². The molecular weight excluding hydrogens is 370 g/mol. The highest BCUT2D eigenvalue weighted by Gasteiger charge is 2.11. The third kappa shape index (κ3) is 5.45. The number of aromatic nitrogens is 2. The van der Waals surface area contributed by atoms with Crippen molar-refractivity contribution >= 4 is 23.4 Å². The van der Waals surface area contributed by atoms with E-state index in [-0.39, 0.29) is 11.8 Å². The van der Waals surface area contributed by atoms with Gasteiger partial charge in [-0.05, 0) is 49.7 Å². The van der Waals surface area contributed by atoms with E-state index in [2.05, 4.69) is 47.5 Å². The second kappa shape index (κ2) is 9.06. The van der Waals surface area contributed by atoms with Gasteiger partial charge >= 0.3 is 0 Å². The summed E-state index contributed by atoms with van der Waals surface area (Å²) in [5, 5.41) is 6.83. The maximum Gasteiger partial charge on any atom is 0.227 e. The first kappa shape index (κ1) is 20.1. The number of benzene rings is 2. The van der Waals surface area contributed by atoms with Gasteiger partial charge in [0, 0.05) is 34.2 Å². The lowest BCUT2D eigenvalue weighted by atomic mass is 10.2. The van der Waals surface area contributed by atoms with E-state index >= 15 is 0 Å². The molecule has 0 saturated heterocycles. The number of rotatable bonds is 7. The first-order chi connectivity index (χ1) is 13.4. The van der Waals surface area contributed by atoms with Crippen molar-refractivity contribution in [2.24, 2.45) is 0 Å². The van der Waals surface area contributed by atoms with Crippen LogP contribution in [0.15, 0.2) is 56.8 Å². The molecule has 1 aromatic heterocycles. The number of nitrogens with zero attached hydrogens (tertiary/aromatic N) is 2. The quantitative estimate of drug-likeness (QED) is 0.569. The lowest BCUT2D eigenvalue weighted by Crippen LogP contribution is -2.12. The molecule has 146 valence electrons. The Bertz CT molecular complexity index is 949. The van der Waals surface area contributed by atoms with Crippen LogP contribution in [-0.4, -0.2) is 16.0 Å². The number of nitrogens with one attached hydrogen (secondary N) is 1. The van der Waals surface area contributed by atoms with Crippen molar-refractivity contribution in [1.82, 2.24) is 10.1 Å². The Morgan fingerprint density at radius 2 is 1.89 bits per heavy atom. The van der Waals surface area contributed by atoms with Gasteiger partial charge in [-0.2, -0.15) is 4.98 Å². The maximum atomic E-state index is 12.2. The highest BCUT2D eigenvalue weighted by atomic mass is 32.2. The van der Waals surface area contributed by atoms with Gasteiger partial charge in [-0.15, -0.1) is 0 Å². The summed E-state index contributed by atoms with van der Waals surface area (Å²) in [5.74, 6) is 1.32. The summed E-state index contributed by atoms with van der Waals surface area (Å²) < 4.78 is 5.17. The van der Waals surface area contributed by atoms with E-state index in [1.54, 1.807) is 11.8 Å². The molecule has 0 aliphatic rings. The Labute approximate surface area is 169 Å². The van der Waals surface area contributed by atoms with Crippen LogP contribution in [0, 0.1) is 13.8 Å². The van der Waals surface area contributed by atoms with E-state index in [0.717, 1.165) is 10.6 Å². The zero-order valence-electron chi connectivity index (χ0n) is 16.7. The van der Waals surface area contributed by atoms with Gasteiger partial charge in [0.2, 0.25) is 11.8 Å². The molecule has 0 unspecified atom stereocenters. The summed E-state index contributed by atoms with van der Waals surface area (Å²) in [6.07, 6.45) is 0.741. The molecule has 0 bridgehead atoms. The number of amides is 1. The van der Waals surface area contributed by atoms with Gasteiger partial charge < -0.3 is 9.84 Å². The van der Waals surface area contributed by atoms with E-state index in [1.807, 2.05) is 38.1 Å². The van der Waals surface area contributed by atoms with Crippen molar-refractivity contribution in [3.8, 4) is 0 Å². The second-order valence-electron chi connectivity index (χ2n) is 7.14. The van der Waals surface area contributed by atoms with Crippen LogP contribution in [0.25, 0.3) is 0 Å². The van der Waals surface area contributed by atoms with E-state index < -0.39 is 0 Å². The Kier molecular flexibility index (Phi) is 6.52. The molecule has 0 saturated carbocycles. The molecule has 0 aliphatic heterocycles. The lowest BCUT2D eigenvalue weighted by Gasteiger charge is -2.08. The van der Waals surface area contributed by atoms with Crippen LogP contribution in [0.5, 0.6) is 0 Å². The van der Waals surface area contributed by atoms with Crippen molar-refractivity contribution < 1.29 is 9.32 Å². The number of aryl methyl sites for hydroxylation is 3. The fourth-order valence-electron chi connectivity index (χ4n) is 2.70. The van der Waals surface area contributed by atoms with Crippen LogP contribution in [0.3, 0.4) is 0 Å². The molecule has 3 rings (SSSR count). The minimum absolute atomic E-state index is 0.0703. The highest BCUT2D eigenvalue weighted by Crippen LogP contribution is 2.31. The van der Waals surface area contributed by atoms with Gasteiger partial charge in [-0.25, -0.2) is 0 Å². The van der Waals surface area contributed by atoms with Gasteiger partial charge in [0.05, 0.1) is 0 Å². The van der Waals surface area contributed by atoms with Crippen molar-refractivity contribution in [3.05, 3.63) is 65.3 Å². The molecule has 28 heavy (non-hydrogen) atoms. The zero-order chi connectivity index (χ0) is 20.1. The number of hydrogen-bond acceptors (Lipinski definition) is 5. The molecular formula is C22H25N3O2S. The fraction of sp³-hybridized carbons (Fsp3) is 0.318. The monoisotopic (exact) mass is 395 g/mol. The molecule has 1 heterocycles. The molecule has 0 fully saturated rings. The van der Waals surface area contributed by atoms with Crippen molar-refractivity contribution in [1.29, 1.82) is 0 Å². The normalized spacial score (nSPS) is 11.0. The average Bonchev–Trinajstić information content (AvgIpc) is 3.13. The zero-order valence-corrected chi connectivity index (χ0v) is 17.5. The number of hydrogen-bond donors (Lipinski definition) is 1. The minimum atomic E-state index is -0.0703. The summed E-state index contributed by atoms with van der Waals surface area (Å²) in [6, 6.07) is 14.3. The van der Waals surface area contributed by atoms with Crippen LogP contribution in [0.4, 0.5) is 5.69 Å². The molecule has 5 nitrogen and oxygen atoms in total. The summed E-state index contributed by atoms with van der Waals surface area (Å²) in [4.78, 5) is 18.8. The molecule has 0 spiro atoms. The molecule has 6 heteroatoms. The smallest absolute Gasteiger partial charge is 0.227 e. The maximum absolute atomic E-state index is 12.2. The predicted octanol–water partition coefficient (Wildman–Crippen LogP) is 5.53. The predicted molar refractivity (Wildman–Crippen MR) is 112 cm³/mol. The van der Waals surface area contributed by atoms with Crippen LogP contribution in [0.1, 0.15) is 49.0 Å². The molecule has 0 aliphatic carbocycles. The number of anilines is 1. The third-order valence-electron chi connectivity index (χ3n) is 4.26. The molecule has 1 N–H and O–H groups in total. The number of carbonyl (C=O) groups is 1. The lowest BCUT2D eigenvalue weighted by molar-refractivity contribution is -0.116. The van der Waals surface area contributed by atoms with Gasteiger partial charge in [-0.1, -0.05) is 48.5 Å². The van der Waals surface area contributed by atoms with Crippen molar-refractivity contribution in [2.45, 2.75) is 56.2 Å². The van der Waals surface area contributed by atoms with E-state index in [4.69, 9.17) is 4.52 Å². The number of carbonyl (C=O) groups excluding carboxylic acids is 1. The van der Waals surface area contributed by atoms with Crippen LogP contribution in [0.2, 0.25) is 0 Å². The van der Waals surface area contributed by atoms with Crippen LogP contribution >= 0.6 is 11.8 Å². The minimum Gasteiger partial charge on any atom is -0.339 e. The molecule has 0 radical (unpaired) electrons. The SMILES string of the molecule is Cc1ccc(Sc2ccc(NC(=O)CCc3nc(C(C)C)no3)cc2)c(C)c1. The van der Waals surface area contributed by atoms with Crippen molar-refractivity contribution in [3.63, 3.8) is 0 Å². The Hall–Kier alpha value is -2.60. The van der Waals surface area contributed by atoms with Crippen LogP contribution < -0.4 is 5.32 Å². The average molecular weight is 396 g/mol. The van der Waals surface area contributed by atoms with E-state index in [1.165, 1.54) is 16.0 Å². The van der Waals surface area contributed by atoms with Crippen LogP contribution in [-0.2, 0) is 11.2 Å². The van der Waals surface area contributed by atoms with Gasteiger partial charge in [0.25, 0.3) is 0 Å². The topological polar surface area (TPSA) is 68.0 Å². The van der Waals surface area contributed by atoms with Gasteiger partial charge in [-0.3, -0.25) is 4.79 Å². The molecule has 2 aromatic carbocycles. The summed E-state index contributed by atoms with van der Waals surface area (Å²) in [6.45, 7) is 8.23. The fourth-order valence-corrected chi connectivity index (χ4v) is 3.58.